The van der Waals surface area contributed by atoms with Crippen LogP contribution in [0.5, 0.6) is 0 Å². The fourth-order valence-electron chi connectivity index (χ4n) is 2.97. The van der Waals surface area contributed by atoms with Crippen molar-refractivity contribution in [2.45, 2.75) is 25.7 Å². The van der Waals surface area contributed by atoms with Gasteiger partial charge in [-0.25, -0.2) is 0 Å². The summed E-state index contributed by atoms with van der Waals surface area (Å²) in [4.78, 5) is 27.0. The number of thioether (sulfide) groups is 1. The summed E-state index contributed by atoms with van der Waals surface area (Å²) in [6, 6.07) is 10.3. The Labute approximate surface area is 216 Å². The van der Waals surface area contributed by atoms with Crippen molar-refractivity contribution >= 4 is 98.3 Å². The molecule has 32 heavy (non-hydrogen) atoms. The molecule has 0 saturated carbocycles. The monoisotopic (exact) mass is 546 g/mol. The number of nitrogens with one attached hydrogen (secondary N) is 1. The van der Waals surface area contributed by atoms with Crippen LogP contribution in [0.15, 0.2) is 41.3 Å². The SMILES string of the molecule is O=C(CCCCCN1C(=O)C(=Cc2ccc(Cl)cc2)SC1=S)Nc1cc(Cl)c(Cl)cc1Cl. The molecule has 1 aliphatic heterocycles. The topological polar surface area (TPSA) is 49.4 Å². The minimum absolute atomic E-state index is 0.0954. The first-order valence-electron chi connectivity index (χ1n) is 9.70. The predicted molar refractivity (Wildman–Crippen MR) is 140 cm³/mol. The van der Waals surface area contributed by atoms with Crippen LogP contribution in [0, 0.1) is 0 Å². The van der Waals surface area contributed by atoms with Crippen LogP contribution in [0.25, 0.3) is 6.08 Å². The van der Waals surface area contributed by atoms with Crippen molar-refractivity contribution in [3.63, 3.8) is 0 Å². The van der Waals surface area contributed by atoms with Crippen molar-refractivity contribution in [2.75, 3.05) is 11.9 Å². The van der Waals surface area contributed by atoms with Crippen molar-refractivity contribution in [1.82, 2.24) is 4.90 Å². The van der Waals surface area contributed by atoms with E-state index in [1.54, 1.807) is 17.0 Å². The molecule has 4 nitrogen and oxygen atoms in total. The van der Waals surface area contributed by atoms with Gasteiger partial charge in [0.1, 0.15) is 4.32 Å². The highest BCUT2D eigenvalue weighted by Gasteiger charge is 2.31. The smallest absolute Gasteiger partial charge is 0.266 e. The lowest BCUT2D eigenvalue weighted by molar-refractivity contribution is -0.122. The molecular weight excluding hydrogens is 530 g/mol. The van der Waals surface area contributed by atoms with Crippen LogP contribution in [0.3, 0.4) is 0 Å². The van der Waals surface area contributed by atoms with E-state index in [1.807, 2.05) is 18.2 Å². The number of unbranched alkanes of at least 4 members (excludes halogenated alkanes) is 2. The Kier molecular flexibility index (Phi) is 9.29. The standard InChI is InChI=1S/C22H18Cl4N2O2S2/c23-14-7-5-13(6-8-14)10-19-21(30)28(22(31)32-19)9-3-1-2-4-20(29)27-18-12-16(25)15(24)11-17(18)26/h5-8,10-12H,1-4,9H2,(H,27,29). The van der Waals surface area contributed by atoms with Crippen LogP contribution in [0.4, 0.5) is 5.69 Å². The molecule has 0 aromatic heterocycles. The van der Waals surface area contributed by atoms with Gasteiger partial charge in [-0.15, -0.1) is 0 Å². The molecule has 0 spiro atoms. The maximum atomic E-state index is 12.7. The van der Waals surface area contributed by atoms with Crippen molar-refractivity contribution in [3.8, 4) is 0 Å². The Hall–Kier alpha value is -1.28. The van der Waals surface area contributed by atoms with Gasteiger partial charge < -0.3 is 5.32 Å². The van der Waals surface area contributed by atoms with Gasteiger partial charge in [-0.1, -0.05) is 88.9 Å². The fourth-order valence-corrected chi connectivity index (χ4v) is 5.00. The molecule has 1 N–H and O–H groups in total. The number of nitrogens with zero attached hydrogens (tertiary/aromatic N) is 1. The maximum absolute atomic E-state index is 12.7. The highest BCUT2D eigenvalue weighted by Crippen LogP contribution is 2.34. The summed E-state index contributed by atoms with van der Waals surface area (Å²) in [7, 11) is 0. The second-order valence-electron chi connectivity index (χ2n) is 6.99. The van der Waals surface area contributed by atoms with E-state index in [9.17, 15) is 9.59 Å². The molecular formula is C22H18Cl4N2O2S2. The summed E-state index contributed by atoms with van der Waals surface area (Å²) in [5, 5.41) is 4.35. The average molecular weight is 548 g/mol. The Bertz CT molecular complexity index is 1070. The Balaban J connectivity index is 1.43. The average Bonchev–Trinajstić information content (AvgIpc) is 3.00. The second-order valence-corrected chi connectivity index (χ2v) is 10.3. The number of amides is 2. The number of anilines is 1. The van der Waals surface area contributed by atoms with Crippen LogP contribution < -0.4 is 5.32 Å². The number of hydrogen-bond donors (Lipinski definition) is 1. The van der Waals surface area contributed by atoms with E-state index < -0.39 is 0 Å². The minimum atomic E-state index is -0.165. The van der Waals surface area contributed by atoms with Crippen LogP contribution in [0.1, 0.15) is 31.2 Å². The molecule has 3 rings (SSSR count). The molecule has 0 radical (unpaired) electrons. The van der Waals surface area contributed by atoms with Gasteiger partial charge in [0, 0.05) is 18.0 Å². The first-order valence-corrected chi connectivity index (χ1v) is 12.4. The third-order valence-electron chi connectivity index (χ3n) is 4.61. The molecule has 0 atom stereocenters. The lowest BCUT2D eigenvalue weighted by Gasteiger charge is -2.14. The number of hydrogen-bond acceptors (Lipinski definition) is 4. The zero-order valence-electron chi connectivity index (χ0n) is 16.7. The molecule has 168 valence electrons. The van der Waals surface area contributed by atoms with Crippen molar-refractivity contribution in [2.24, 2.45) is 0 Å². The molecule has 10 heteroatoms. The molecule has 1 aliphatic rings. The van der Waals surface area contributed by atoms with Gasteiger partial charge in [-0.3, -0.25) is 14.5 Å². The van der Waals surface area contributed by atoms with Crippen LogP contribution in [-0.2, 0) is 9.59 Å². The number of carbonyl (C=O) groups excluding carboxylic acids is 2. The summed E-state index contributed by atoms with van der Waals surface area (Å²) in [6.07, 6.45) is 4.32. The van der Waals surface area contributed by atoms with E-state index in [2.05, 4.69) is 5.32 Å². The number of rotatable bonds is 8. The van der Waals surface area contributed by atoms with Crippen molar-refractivity contribution in [3.05, 3.63) is 67.0 Å². The van der Waals surface area contributed by atoms with Crippen molar-refractivity contribution in [1.29, 1.82) is 0 Å². The number of halogens is 4. The van der Waals surface area contributed by atoms with Gasteiger partial charge in [0.05, 0.1) is 25.7 Å². The molecule has 2 aromatic rings. The van der Waals surface area contributed by atoms with Gasteiger partial charge in [0.2, 0.25) is 5.91 Å². The summed E-state index contributed by atoms with van der Waals surface area (Å²) < 4.78 is 0.544. The Morgan fingerprint density at radius 2 is 1.69 bits per heavy atom. The minimum Gasteiger partial charge on any atom is -0.325 e. The highest BCUT2D eigenvalue weighted by molar-refractivity contribution is 8.26. The third-order valence-corrected chi connectivity index (χ3v) is 7.28. The lowest BCUT2D eigenvalue weighted by Crippen LogP contribution is -2.29. The normalized spacial score (nSPS) is 15.0. The van der Waals surface area contributed by atoms with Gasteiger partial charge in [-0.2, -0.15) is 0 Å². The largest absolute Gasteiger partial charge is 0.325 e. The highest BCUT2D eigenvalue weighted by atomic mass is 35.5. The summed E-state index contributed by atoms with van der Waals surface area (Å²) in [5.41, 5.74) is 1.32. The van der Waals surface area contributed by atoms with Gasteiger partial charge in [0.15, 0.2) is 0 Å². The van der Waals surface area contributed by atoms with E-state index in [0.29, 0.717) is 54.4 Å². The van der Waals surface area contributed by atoms with Gasteiger partial charge in [-0.05, 0) is 48.7 Å². The number of carbonyl (C=O) groups is 2. The molecule has 1 heterocycles. The predicted octanol–water partition coefficient (Wildman–Crippen LogP) is 7.70. The molecule has 0 aliphatic carbocycles. The second kappa shape index (κ2) is 11.7. The lowest BCUT2D eigenvalue weighted by atomic mass is 10.1. The molecule has 2 aromatic carbocycles. The zero-order chi connectivity index (χ0) is 23.3. The van der Waals surface area contributed by atoms with Crippen LogP contribution in [-0.4, -0.2) is 27.6 Å². The van der Waals surface area contributed by atoms with Crippen LogP contribution >= 0.6 is 70.4 Å². The van der Waals surface area contributed by atoms with Gasteiger partial charge in [0.25, 0.3) is 5.91 Å². The molecule has 1 saturated heterocycles. The first-order chi connectivity index (χ1) is 15.2. The molecule has 2 amide bonds. The van der Waals surface area contributed by atoms with E-state index in [4.69, 9.17) is 58.6 Å². The maximum Gasteiger partial charge on any atom is 0.266 e. The van der Waals surface area contributed by atoms with Gasteiger partial charge >= 0.3 is 0 Å². The van der Waals surface area contributed by atoms with Crippen LogP contribution in [0.2, 0.25) is 20.1 Å². The summed E-state index contributed by atoms with van der Waals surface area (Å²) in [6.45, 7) is 0.517. The fraction of sp³-hybridized carbons (Fsp3) is 0.227. The van der Waals surface area contributed by atoms with E-state index >= 15 is 0 Å². The van der Waals surface area contributed by atoms with Crippen molar-refractivity contribution < 1.29 is 9.59 Å². The Morgan fingerprint density at radius 1 is 1.00 bits per heavy atom. The summed E-state index contributed by atoms with van der Waals surface area (Å²) in [5.74, 6) is -0.260. The summed E-state index contributed by atoms with van der Waals surface area (Å²) >= 11 is 30.5. The quantitative estimate of drug-likeness (QED) is 0.159. The first kappa shape index (κ1) is 25.3. The zero-order valence-corrected chi connectivity index (χ0v) is 21.3. The van der Waals surface area contributed by atoms with E-state index in [-0.39, 0.29) is 11.8 Å². The molecule has 1 fully saturated rings. The molecule has 0 bridgehead atoms. The Morgan fingerprint density at radius 3 is 2.41 bits per heavy atom. The molecule has 0 unspecified atom stereocenters. The third kappa shape index (κ3) is 6.86. The number of benzene rings is 2. The van der Waals surface area contributed by atoms with E-state index in [0.717, 1.165) is 18.4 Å². The number of thiocarbonyl (C=S) groups is 1. The van der Waals surface area contributed by atoms with E-state index in [1.165, 1.54) is 23.9 Å².